The molecule has 0 saturated carbocycles. The van der Waals surface area contributed by atoms with Crippen LogP contribution in [0.15, 0.2) is 42.5 Å². The normalized spacial score (nSPS) is 19.5. The average Bonchev–Trinajstić information content (AvgIpc) is 3.57. The Labute approximate surface area is 264 Å². The Hall–Kier alpha value is -3.63. The van der Waals surface area contributed by atoms with Gasteiger partial charge in [0.1, 0.15) is 29.2 Å². The maximum Gasteiger partial charge on any atom is 0.306 e. The number of hydrogen-bond acceptors (Lipinski definition) is 7. The van der Waals surface area contributed by atoms with Gasteiger partial charge in [-0.3, -0.25) is 4.79 Å². The molecule has 0 N–H and O–H groups in total. The van der Waals surface area contributed by atoms with Gasteiger partial charge in [0, 0.05) is 42.1 Å². The summed E-state index contributed by atoms with van der Waals surface area (Å²) in [4.78, 5) is 11.8. The fourth-order valence-electron chi connectivity index (χ4n) is 6.75. The Morgan fingerprint density at radius 3 is 2.49 bits per heavy atom. The number of fused-ring (bicyclic) bond motifs is 2. The number of esters is 1. The molecule has 0 aromatic heterocycles. The number of aryl methyl sites for hydroxylation is 2. The molecule has 6 rings (SSSR count). The number of carbonyl (C=O) groups is 1. The van der Waals surface area contributed by atoms with Crippen molar-refractivity contribution in [3.63, 3.8) is 0 Å². The van der Waals surface area contributed by atoms with E-state index in [1.165, 1.54) is 17.5 Å². The van der Waals surface area contributed by atoms with E-state index in [2.05, 4.69) is 0 Å². The van der Waals surface area contributed by atoms with Crippen LogP contribution in [0.2, 0.25) is 0 Å². The van der Waals surface area contributed by atoms with Crippen LogP contribution in [0.4, 0.5) is 4.39 Å². The molecular formula is C35H40FNO7S. The van der Waals surface area contributed by atoms with Crippen molar-refractivity contribution in [2.24, 2.45) is 5.92 Å². The standard InChI is InChI=1S/C35H40FNO7S/c1-20(2)45(39,40)37-16-23(17-37)18-42-26-12-21(3)34(22(4)13-26)28-8-10-30(36)35-29(28)9-11-31(35)44-25-6-7-27-24(14-33(38)41-5)19-43-32(27)15-25/h6-8,10,12-13,15,20,23-24,31H,9,11,14,16-19H2,1-5H3/t24?,31-/m1/s1. The largest absolute Gasteiger partial charge is 0.493 e. The molecule has 3 aliphatic rings. The Bertz CT molecular complexity index is 1710. The summed E-state index contributed by atoms with van der Waals surface area (Å²) in [5.41, 5.74) is 6.59. The minimum atomic E-state index is -3.22. The number of sulfonamides is 1. The van der Waals surface area contributed by atoms with E-state index in [0.29, 0.717) is 56.2 Å². The summed E-state index contributed by atoms with van der Waals surface area (Å²) in [5, 5.41) is -0.422. The van der Waals surface area contributed by atoms with E-state index in [9.17, 15) is 13.2 Å². The molecule has 0 spiro atoms. The second-order valence-corrected chi connectivity index (χ2v) is 15.1. The Balaban J connectivity index is 1.16. The molecule has 1 fully saturated rings. The Morgan fingerprint density at radius 1 is 1.07 bits per heavy atom. The zero-order chi connectivity index (χ0) is 32.0. The third kappa shape index (κ3) is 6.02. The second kappa shape index (κ2) is 12.3. The molecule has 240 valence electrons. The highest BCUT2D eigenvalue weighted by molar-refractivity contribution is 7.89. The highest BCUT2D eigenvalue weighted by Crippen LogP contribution is 2.45. The molecule has 0 amide bonds. The zero-order valence-electron chi connectivity index (χ0n) is 26.4. The van der Waals surface area contributed by atoms with E-state index in [-0.39, 0.29) is 30.0 Å². The van der Waals surface area contributed by atoms with Crippen LogP contribution in [0.3, 0.4) is 0 Å². The van der Waals surface area contributed by atoms with Crippen LogP contribution in [-0.4, -0.2) is 57.4 Å². The average molecular weight is 638 g/mol. The predicted octanol–water partition coefficient (Wildman–Crippen LogP) is 6.26. The topological polar surface area (TPSA) is 91.4 Å². The van der Waals surface area contributed by atoms with Crippen LogP contribution in [-0.2, 0) is 26.0 Å². The number of benzene rings is 3. The molecule has 1 saturated heterocycles. The minimum Gasteiger partial charge on any atom is -0.493 e. The van der Waals surface area contributed by atoms with Crippen molar-refractivity contribution < 1.29 is 36.6 Å². The number of carbonyl (C=O) groups excluding carboxylic acids is 1. The Kier molecular flexibility index (Phi) is 8.56. The monoisotopic (exact) mass is 637 g/mol. The van der Waals surface area contributed by atoms with Crippen molar-refractivity contribution in [2.75, 3.05) is 33.4 Å². The van der Waals surface area contributed by atoms with Gasteiger partial charge in [-0.15, -0.1) is 0 Å². The van der Waals surface area contributed by atoms with Gasteiger partial charge in [-0.1, -0.05) is 12.1 Å². The van der Waals surface area contributed by atoms with Crippen LogP contribution >= 0.6 is 0 Å². The minimum absolute atomic E-state index is 0.0610. The van der Waals surface area contributed by atoms with Gasteiger partial charge in [0.2, 0.25) is 10.0 Å². The molecule has 2 heterocycles. The van der Waals surface area contributed by atoms with Crippen LogP contribution in [0.25, 0.3) is 11.1 Å². The maximum atomic E-state index is 15.4. The first-order valence-corrected chi connectivity index (χ1v) is 17.0. The summed E-state index contributed by atoms with van der Waals surface area (Å²) in [6.45, 7) is 9.29. The molecule has 0 radical (unpaired) electrons. The van der Waals surface area contributed by atoms with E-state index in [0.717, 1.165) is 39.1 Å². The number of halogens is 1. The van der Waals surface area contributed by atoms with Gasteiger partial charge >= 0.3 is 5.97 Å². The predicted molar refractivity (Wildman–Crippen MR) is 169 cm³/mol. The summed E-state index contributed by atoms with van der Waals surface area (Å²) >= 11 is 0. The van der Waals surface area contributed by atoms with Gasteiger partial charge in [-0.05, 0) is 92.6 Å². The summed E-state index contributed by atoms with van der Waals surface area (Å²) in [6, 6.07) is 13.0. The lowest BCUT2D eigenvalue weighted by Crippen LogP contribution is -2.53. The van der Waals surface area contributed by atoms with Gasteiger partial charge in [-0.25, -0.2) is 17.1 Å². The molecule has 1 unspecified atom stereocenters. The third-order valence-electron chi connectivity index (χ3n) is 9.21. The highest BCUT2D eigenvalue weighted by Gasteiger charge is 2.38. The van der Waals surface area contributed by atoms with E-state index in [1.54, 1.807) is 13.8 Å². The molecule has 2 atom stereocenters. The summed E-state index contributed by atoms with van der Waals surface area (Å²) in [7, 11) is -1.84. The van der Waals surface area contributed by atoms with Gasteiger partial charge in [0.15, 0.2) is 0 Å². The first kappa shape index (κ1) is 31.4. The van der Waals surface area contributed by atoms with Crippen molar-refractivity contribution in [3.8, 4) is 28.4 Å². The number of ether oxygens (including phenoxy) is 4. The first-order chi connectivity index (χ1) is 21.5. The fraction of sp³-hybridized carbons (Fsp3) is 0.457. The second-order valence-electron chi connectivity index (χ2n) is 12.6. The van der Waals surface area contributed by atoms with Crippen LogP contribution in [0.1, 0.15) is 66.5 Å². The molecule has 45 heavy (non-hydrogen) atoms. The van der Waals surface area contributed by atoms with Crippen molar-refractivity contribution in [2.45, 2.75) is 64.2 Å². The van der Waals surface area contributed by atoms with Crippen molar-refractivity contribution in [1.29, 1.82) is 0 Å². The van der Waals surface area contributed by atoms with E-state index in [1.807, 2.05) is 50.2 Å². The molecule has 3 aromatic rings. The summed E-state index contributed by atoms with van der Waals surface area (Å²) in [6.07, 6.45) is 1.15. The molecule has 3 aromatic carbocycles. The van der Waals surface area contributed by atoms with Gasteiger partial charge in [0.05, 0.1) is 32.0 Å². The number of nitrogens with zero attached hydrogens (tertiary/aromatic N) is 1. The highest BCUT2D eigenvalue weighted by atomic mass is 32.2. The van der Waals surface area contributed by atoms with Crippen molar-refractivity contribution in [1.82, 2.24) is 4.31 Å². The van der Waals surface area contributed by atoms with Gasteiger partial charge in [0.25, 0.3) is 0 Å². The third-order valence-corrected chi connectivity index (χ3v) is 11.4. The van der Waals surface area contributed by atoms with Gasteiger partial charge < -0.3 is 18.9 Å². The lowest BCUT2D eigenvalue weighted by molar-refractivity contribution is -0.141. The van der Waals surface area contributed by atoms with Crippen molar-refractivity contribution >= 4 is 16.0 Å². The van der Waals surface area contributed by atoms with E-state index in [4.69, 9.17) is 18.9 Å². The Morgan fingerprint density at radius 2 is 1.80 bits per heavy atom. The smallest absolute Gasteiger partial charge is 0.306 e. The number of rotatable bonds is 10. The van der Waals surface area contributed by atoms with E-state index < -0.39 is 21.4 Å². The number of hydrogen-bond donors (Lipinski definition) is 0. The lowest BCUT2D eigenvalue weighted by Gasteiger charge is -2.38. The van der Waals surface area contributed by atoms with Crippen LogP contribution < -0.4 is 14.2 Å². The molecule has 8 nitrogen and oxygen atoms in total. The quantitative estimate of drug-likeness (QED) is 0.242. The maximum absolute atomic E-state index is 15.4. The fourth-order valence-corrected chi connectivity index (χ4v) is 8.19. The first-order valence-electron chi connectivity index (χ1n) is 15.5. The summed E-state index contributed by atoms with van der Waals surface area (Å²) in [5.74, 6) is 1.56. The molecular weight excluding hydrogens is 597 g/mol. The molecule has 0 bridgehead atoms. The molecule has 1 aliphatic carbocycles. The number of methoxy groups -OCH3 is 1. The van der Waals surface area contributed by atoms with Crippen LogP contribution in [0.5, 0.6) is 17.2 Å². The van der Waals surface area contributed by atoms with Gasteiger partial charge in [-0.2, -0.15) is 0 Å². The molecule has 2 aliphatic heterocycles. The molecule has 10 heteroatoms. The lowest BCUT2D eigenvalue weighted by atomic mass is 9.90. The van der Waals surface area contributed by atoms with E-state index >= 15 is 4.39 Å². The van der Waals surface area contributed by atoms with Crippen molar-refractivity contribution in [3.05, 3.63) is 76.1 Å². The van der Waals surface area contributed by atoms with Crippen LogP contribution in [0, 0.1) is 25.6 Å². The SMILES string of the molecule is COC(=O)CC1COc2cc(O[C@@H]3CCc4c(-c5c(C)cc(OCC6CN(S(=O)(=O)C(C)C)C6)cc5C)ccc(F)c43)ccc21. The summed E-state index contributed by atoms with van der Waals surface area (Å²) < 4.78 is 64.7. The zero-order valence-corrected chi connectivity index (χ0v) is 27.2.